The Morgan fingerprint density at radius 1 is 1.00 bits per heavy atom. The molecule has 0 unspecified atom stereocenters. The van der Waals surface area contributed by atoms with Crippen LogP contribution in [0.1, 0.15) is 49.8 Å². The monoisotopic (exact) mass is 525 g/mol. The molecular formula is C27H28ClN3O4S. The molecule has 1 atom stereocenters. The van der Waals surface area contributed by atoms with Gasteiger partial charge in [-0.2, -0.15) is 9.59 Å². The van der Waals surface area contributed by atoms with Crippen LogP contribution in [0, 0.1) is 5.92 Å². The highest BCUT2D eigenvalue weighted by molar-refractivity contribution is 7.90. The van der Waals surface area contributed by atoms with E-state index in [1.807, 2.05) is 24.3 Å². The van der Waals surface area contributed by atoms with E-state index in [-0.39, 0.29) is 16.9 Å². The molecule has 7 nitrogen and oxygen atoms in total. The lowest BCUT2D eigenvalue weighted by molar-refractivity contribution is -0.191. The maximum Gasteiger partial charge on any atom is 0.373 e. The Hall–Kier alpha value is -3.06. The number of hydrogen-bond acceptors (Lipinski definition) is 7. The molecule has 0 amide bonds. The van der Waals surface area contributed by atoms with Crippen molar-refractivity contribution in [1.29, 1.82) is 0 Å². The van der Waals surface area contributed by atoms with Gasteiger partial charge in [-0.15, -0.1) is 0 Å². The number of anilines is 1. The van der Waals surface area contributed by atoms with E-state index in [0.29, 0.717) is 28.2 Å². The summed E-state index contributed by atoms with van der Waals surface area (Å²) < 4.78 is 26.5. The van der Waals surface area contributed by atoms with Crippen molar-refractivity contribution >= 4 is 33.4 Å². The molecule has 188 valence electrons. The predicted octanol–water partition coefficient (Wildman–Crippen LogP) is 5.30. The van der Waals surface area contributed by atoms with Gasteiger partial charge in [-0.3, -0.25) is 4.98 Å². The minimum Gasteiger partial charge on any atom is -0.356 e. The van der Waals surface area contributed by atoms with Crippen molar-refractivity contribution in [2.45, 2.75) is 49.3 Å². The molecule has 1 aliphatic heterocycles. The standard InChI is InChI=1S/C26H28ClN3O2S.CO2/c1-18-6-5-15-30(16-18)24-9-4-10-25(29-24)33(31,32)17-20-13-14-23(27)26(28-20)22-8-3-2-7-21(22)19-11-12-19;2-1-3/h2-4,7-10,13-14,18-19H,5-6,11-12,15-17H2,1H3;/t18-;/m0./s1. The van der Waals surface area contributed by atoms with Crippen LogP contribution in [0.15, 0.2) is 59.6 Å². The summed E-state index contributed by atoms with van der Waals surface area (Å²) in [7, 11) is -3.66. The highest BCUT2D eigenvalue weighted by Crippen LogP contribution is 2.45. The Morgan fingerprint density at radius 2 is 1.75 bits per heavy atom. The van der Waals surface area contributed by atoms with Gasteiger partial charge in [0.15, 0.2) is 5.03 Å². The van der Waals surface area contributed by atoms with Crippen LogP contribution >= 0.6 is 11.6 Å². The Balaban J connectivity index is 0.000000967. The maximum absolute atomic E-state index is 13.3. The van der Waals surface area contributed by atoms with Crippen LogP contribution in [0.5, 0.6) is 0 Å². The number of halogens is 1. The summed E-state index contributed by atoms with van der Waals surface area (Å²) in [6.07, 6.45) is 4.88. The van der Waals surface area contributed by atoms with Gasteiger partial charge in [0.05, 0.1) is 22.2 Å². The van der Waals surface area contributed by atoms with Crippen molar-refractivity contribution in [3.05, 3.63) is 70.9 Å². The second kappa shape index (κ2) is 11.3. The van der Waals surface area contributed by atoms with Crippen molar-refractivity contribution in [3.8, 4) is 11.3 Å². The molecule has 9 heteroatoms. The zero-order valence-electron chi connectivity index (χ0n) is 20.1. The number of aromatic nitrogens is 2. The number of pyridine rings is 2. The number of sulfone groups is 1. The minimum absolute atomic E-state index is 0.0925. The fraction of sp³-hybridized carbons (Fsp3) is 0.370. The molecule has 0 N–H and O–H groups in total. The van der Waals surface area contributed by atoms with E-state index in [4.69, 9.17) is 26.2 Å². The molecule has 2 fully saturated rings. The largest absolute Gasteiger partial charge is 0.373 e. The van der Waals surface area contributed by atoms with Crippen LogP contribution in [0.3, 0.4) is 0 Å². The molecule has 0 radical (unpaired) electrons. The first-order valence-electron chi connectivity index (χ1n) is 12.0. The molecule has 0 bridgehead atoms. The molecule has 2 aliphatic rings. The van der Waals surface area contributed by atoms with Gasteiger partial charge in [-0.25, -0.2) is 13.4 Å². The average molecular weight is 526 g/mol. The molecule has 1 aromatic carbocycles. The molecule has 3 aromatic rings. The van der Waals surface area contributed by atoms with Crippen LogP contribution in [0.25, 0.3) is 11.3 Å². The van der Waals surface area contributed by atoms with Crippen molar-refractivity contribution in [1.82, 2.24) is 9.97 Å². The quantitative estimate of drug-likeness (QED) is 0.430. The summed E-state index contributed by atoms with van der Waals surface area (Å²) in [5, 5.41) is 0.624. The third-order valence-electron chi connectivity index (χ3n) is 6.48. The van der Waals surface area contributed by atoms with E-state index in [0.717, 1.165) is 30.9 Å². The van der Waals surface area contributed by atoms with Gasteiger partial charge in [-0.1, -0.05) is 48.9 Å². The van der Waals surface area contributed by atoms with Crippen molar-refractivity contribution in [3.63, 3.8) is 0 Å². The summed E-state index contributed by atoms with van der Waals surface area (Å²) in [4.78, 5) is 27.7. The van der Waals surface area contributed by atoms with Crippen molar-refractivity contribution in [2.24, 2.45) is 5.92 Å². The molecule has 0 spiro atoms. The lowest BCUT2D eigenvalue weighted by Crippen LogP contribution is -2.35. The Kier molecular flexibility index (Phi) is 8.19. The van der Waals surface area contributed by atoms with E-state index in [1.54, 1.807) is 24.3 Å². The number of rotatable bonds is 6. The van der Waals surface area contributed by atoms with Gasteiger partial charge >= 0.3 is 6.15 Å². The Morgan fingerprint density at radius 3 is 2.47 bits per heavy atom. The zero-order valence-corrected chi connectivity index (χ0v) is 21.6. The summed E-state index contributed by atoms with van der Waals surface area (Å²) in [6, 6.07) is 16.8. The highest BCUT2D eigenvalue weighted by Gasteiger charge is 2.27. The molecule has 2 aromatic heterocycles. The minimum atomic E-state index is -3.66. The van der Waals surface area contributed by atoms with E-state index in [1.165, 1.54) is 24.8 Å². The molecule has 1 saturated carbocycles. The van der Waals surface area contributed by atoms with Gasteiger partial charge in [-0.05, 0) is 67.3 Å². The number of benzene rings is 1. The summed E-state index contributed by atoms with van der Waals surface area (Å²) >= 11 is 6.50. The predicted molar refractivity (Wildman–Crippen MR) is 137 cm³/mol. The molecule has 1 saturated heterocycles. The molecule has 3 heterocycles. The van der Waals surface area contributed by atoms with E-state index in [2.05, 4.69) is 22.9 Å². The van der Waals surface area contributed by atoms with Gasteiger partial charge in [0, 0.05) is 18.7 Å². The summed E-state index contributed by atoms with van der Waals surface area (Å²) in [5.74, 6) is 1.63. The number of nitrogens with zero attached hydrogens (tertiary/aromatic N) is 3. The van der Waals surface area contributed by atoms with Crippen molar-refractivity contribution in [2.75, 3.05) is 18.0 Å². The normalized spacial score (nSPS) is 17.6. The van der Waals surface area contributed by atoms with Crippen LogP contribution in [0.2, 0.25) is 5.02 Å². The third-order valence-corrected chi connectivity index (χ3v) is 8.33. The fourth-order valence-electron chi connectivity index (χ4n) is 4.63. The number of piperidine rings is 1. The lowest BCUT2D eigenvalue weighted by atomic mass is 10.00. The fourth-order valence-corrected chi connectivity index (χ4v) is 6.06. The average Bonchev–Trinajstić information content (AvgIpc) is 3.71. The number of hydrogen-bond donors (Lipinski definition) is 0. The summed E-state index contributed by atoms with van der Waals surface area (Å²) in [5.41, 5.74) is 3.34. The Bertz CT molecular complexity index is 1370. The highest BCUT2D eigenvalue weighted by atomic mass is 35.5. The van der Waals surface area contributed by atoms with Crippen LogP contribution in [-0.2, 0) is 25.2 Å². The Labute approximate surface area is 216 Å². The number of carbonyl (C=O) groups excluding carboxylic acids is 2. The first-order valence-corrected chi connectivity index (χ1v) is 14.0. The van der Waals surface area contributed by atoms with Gasteiger partial charge in [0.25, 0.3) is 0 Å². The molecular weight excluding hydrogens is 498 g/mol. The van der Waals surface area contributed by atoms with Crippen LogP contribution in [-0.4, -0.2) is 37.6 Å². The third kappa shape index (κ3) is 6.19. The van der Waals surface area contributed by atoms with E-state index >= 15 is 0 Å². The second-order valence-corrected chi connectivity index (χ2v) is 11.7. The van der Waals surface area contributed by atoms with Gasteiger partial charge < -0.3 is 4.90 Å². The SMILES string of the molecule is C[C@H]1CCCN(c2cccc(S(=O)(=O)Cc3ccc(Cl)c(-c4ccccc4C4CC4)n3)n2)C1.O=C=O. The van der Waals surface area contributed by atoms with Crippen LogP contribution < -0.4 is 4.90 Å². The van der Waals surface area contributed by atoms with E-state index < -0.39 is 9.84 Å². The smallest absolute Gasteiger partial charge is 0.356 e. The van der Waals surface area contributed by atoms with Gasteiger partial charge in [0.1, 0.15) is 5.82 Å². The van der Waals surface area contributed by atoms with Crippen molar-refractivity contribution < 1.29 is 18.0 Å². The first kappa shape index (κ1) is 26.0. The molecule has 1 aliphatic carbocycles. The molecule has 5 rings (SSSR count). The molecule has 36 heavy (non-hydrogen) atoms. The second-order valence-electron chi connectivity index (χ2n) is 9.36. The van der Waals surface area contributed by atoms with Gasteiger partial charge in [0.2, 0.25) is 9.84 Å². The van der Waals surface area contributed by atoms with E-state index in [9.17, 15) is 8.42 Å². The van der Waals surface area contributed by atoms with Crippen LogP contribution in [0.4, 0.5) is 5.82 Å². The summed E-state index contributed by atoms with van der Waals surface area (Å²) in [6.45, 7) is 4.03. The first-order chi connectivity index (χ1) is 17.3. The topological polar surface area (TPSA) is 97.3 Å². The zero-order chi connectivity index (χ0) is 25.7. The maximum atomic E-state index is 13.3. The lowest BCUT2D eigenvalue weighted by Gasteiger charge is -2.32.